The van der Waals surface area contributed by atoms with Gasteiger partial charge in [-0.1, -0.05) is 36.4 Å². The van der Waals surface area contributed by atoms with Gasteiger partial charge in [0.05, 0.1) is 10.8 Å². The van der Waals surface area contributed by atoms with Crippen molar-refractivity contribution in [3.05, 3.63) is 28.8 Å². The number of carbonyl (C=O) groups is 1. The highest BCUT2D eigenvalue weighted by molar-refractivity contribution is 8.13. The molecule has 1 aliphatic rings. The zero-order valence-electron chi connectivity index (χ0n) is 11.2. The van der Waals surface area contributed by atoms with Gasteiger partial charge in [0.15, 0.2) is 5.72 Å². The number of thioether (sulfide) groups is 1. The van der Waals surface area contributed by atoms with E-state index in [4.69, 9.17) is 16.7 Å². The molecule has 0 aliphatic carbocycles. The van der Waals surface area contributed by atoms with Crippen LogP contribution in [0.1, 0.15) is 18.9 Å². The largest absolute Gasteiger partial charge is 0.366 e. The van der Waals surface area contributed by atoms with Gasteiger partial charge in [-0.3, -0.25) is 4.79 Å². The summed E-state index contributed by atoms with van der Waals surface area (Å²) in [7, 11) is -4.01. The molecule has 6 nitrogen and oxygen atoms in total. The number of primary sulfonamides is 1. The molecule has 9 heteroatoms. The third-order valence-electron chi connectivity index (χ3n) is 3.21. The van der Waals surface area contributed by atoms with Crippen LogP contribution in [-0.4, -0.2) is 36.0 Å². The first kappa shape index (κ1) is 16.6. The van der Waals surface area contributed by atoms with Crippen LogP contribution >= 0.6 is 23.4 Å². The lowest BCUT2D eigenvalue weighted by Gasteiger charge is -2.33. The summed E-state index contributed by atoms with van der Waals surface area (Å²) in [6.07, 6.45) is 0.671. The molecule has 1 fully saturated rings. The van der Waals surface area contributed by atoms with Crippen LogP contribution in [-0.2, 0) is 15.7 Å². The Morgan fingerprint density at radius 3 is 2.76 bits per heavy atom. The normalized spacial score (nSPS) is 22.9. The Labute approximate surface area is 132 Å². The number of benzene rings is 1. The Morgan fingerprint density at radius 1 is 1.52 bits per heavy atom. The minimum atomic E-state index is -4.01. The highest BCUT2D eigenvalue weighted by atomic mass is 35.5. The van der Waals surface area contributed by atoms with Gasteiger partial charge in [0.2, 0.25) is 10.0 Å². The summed E-state index contributed by atoms with van der Waals surface area (Å²) in [6.45, 7) is 2.25. The van der Waals surface area contributed by atoms with E-state index in [1.54, 1.807) is 0 Å². The smallest absolute Gasteiger partial charge is 0.284 e. The number of hydrogen-bond acceptors (Lipinski definition) is 5. The summed E-state index contributed by atoms with van der Waals surface area (Å²) in [4.78, 5) is 12.9. The molecule has 1 heterocycles. The zero-order valence-corrected chi connectivity index (χ0v) is 13.6. The molecule has 1 unspecified atom stereocenters. The molecule has 1 aromatic carbocycles. The third-order valence-corrected chi connectivity index (χ3v) is 5.62. The molecule has 3 N–H and O–H groups in total. The van der Waals surface area contributed by atoms with Crippen molar-refractivity contribution in [1.29, 1.82) is 0 Å². The Bertz CT molecular complexity index is 680. The van der Waals surface area contributed by atoms with Crippen LogP contribution in [0.15, 0.2) is 23.1 Å². The summed E-state index contributed by atoms with van der Waals surface area (Å²) in [5.41, 5.74) is -1.27. The van der Waals surface area contributed by atoms with E-state index in [0.29, 0.717) is 13.0 Å². The minimum Gasteiger partial charge on any atom is -0.366 e. The quantitative estimate of drug-likeness (QED) is 0.860. The molecule has 1 amide bonds. The SMILES string of the molecule is CCCN1C(=O)SCC1(O)c1ccc(Cl)c(S(N)(=O)=O)c1. The van der Waals surface area contributed by atoms with Gasteiger partial charge in [0, 0.05) is 12.1 Å². The molecule has 0 spiro atoms. The maximum absolute atomic E-state index is 11.9. The van der Waals surface area contributed by atoms with Crippen LogP contribution in [0.4, 0.5) is 4.79 Å². The molecule has 0 saturated carbocycles. The first-order valence-corrected chi connectivity index (χ1v) is 9.10. The van der Waals surface area contributed by atoms with Gasteiger partial charge in [-0.15, -0.1) is 0 Å². The lowest BCUT2D eigenvalue weighted by molar-refractivity contribution is -0.0560. The van der Waals surface area contributed by atoms with Crippen molar-refractivity contribution < 1.29 is 18.3 Å². The van der Waals surface area contributed by atoms with Gasteiger partial charge in [-0.2, -0.15) is 0 Å². The van der Waals surface area contributed by atoms with Crippen LogP contribution in [0, 0.1) is 0 Å². The van der Waals surface area contributed by atoms with Crippen molar-refractivity contribution in [2.75, 3.05) is 12.3 Å². The van der Waals surface area contributed by atoms with E-state index in [0.717, 1.165) is 11.8 Å². The lowest BCUT2D eigenvalue weighted by atomic mass is 10.0. The van der Waals surface area contributed by atoms with Gasteiger partial charge < -0.3 is 10.0 Å². The molecule has 116 valence electrons. The fraction of sp³-hybridized carbons (Fsp3) is 0.417. The van der Waals surface area contributed by atoms with E-state index >= 15 is 0 Å². The topological polar surface area (TPSA) is 101 Å². The summed E-state index contributed by atoms with van der Waals surface area (Å²) in [5, 5.41) is 15.7. The molecular formula is C12H15ClN2O4S2. The van der Waals surface area contributed by atoms with Crippen molar-refractivity contribution in [3.63, 3.8) is 0 Å². The van der Waals surface area contributed by atoms with Gasteiger partial charge in [-0.25, -0.2) is 13.6 Å². The summed E-state index contributed by atoms with van der Waals surface area (Å²) in [6, 6.07) is 4.07. The second kappa shape index (κ2) is 5.77. The number of carbonyl (C=O) groups excluding carboxylic acids is 1. The van der Waals surface area contributed by atoms with E-state index in [1.165, 1.54) is 23.1 Å². The van der Waals surface area contributed by atoms with E-state index < -0.39 is 15.7 Å². The number of aliphatic hydroxyl groups is 1. The molecule has 1 saturated heterocycles. The molecule has 1 aliphatic heterocycles. The van der Waals surface area contributed by atoms with Gasteiger partial charge in [-0.05, 0) is 18.6 Å². The van der Waals surface area contributed by atoms with Crippen LogP contribution in [0.2, 0.25) is 5.02 Å². The first-order chi connectivity index (χ1) is 9.70. The van der Waals surface area contributed by atoms with E-state index in [1.807, 2.05) is 6.92 Å². The molecule has 0 aromatic heterocycles. The number of hydrogen-bond donors (Lipinski definition) is 2. The fourth-order valence-electron chi connectivity index (χ4n) is 2.18. The van der Waals surface area contributed by atoms with Crippen LogP contribution < -0.4 is 5.14 Å². The van der Waals surface area contributed by atoms with Crippen molar-refractivity contribution in [3.8, 4) is 0 Å². The van der Waals surface area contributed by atoms with E-state index in [9.17, 15) is 18.3 Å². The Kier molecular flexibility index (Phi) is 4.55. The highest BCUT2D eigenvalue weighted by Crippen LogP contribution is 2.40. The van der Waals surface area contributed by atoms with Crippen LogP contribution in [0.5, 0.6) is 0 Å². The number of amides is 1. The monoisotopic (exact) mass is 350 g/mol. The Morgan fingerprint density at radius 2 is 2.19 bits per heavy atom. The van der Waals surface area contributed by atoms with E-state index in [2.05, 4.69) is 0 Å². The van der Waals surface area contributed by atoms with Crippen molar-refractivity contribution in [1.82, 2.24) is 4.90 Å². The van der Waals surface area contributed by atoms with Gasteiger partial charge in [0.1, 0.15) is 4.90 Å². The molecule has 21 heavy (non-hydrogen) atoms. The summed E-state index contributed by atoms with van der Waals surface area (Å²) in [5.74, 6) is 0.123. The predicted molar refractivity (Wildman–Crippen MR) is 81.6 cm³/mol. The molecule has 0 bridgehead atoms. The van der Waals surface area contributed by atoms with Crippen molar-refractivity contribution in [2.45, 2.75) is 24.0 Å². The second-order valence-corrected chi connectivity index (χ2v) is 7.58. The van der Waals surface area contributed by atoms with Crippen molar-refractivity contribution >= 4 is 38.6 Å². The Hall–Kier alpha value is -0.800. The lowest BCUT2D eigenvalue weighted by Crippen LogP contribution is -2.45. The maximum Gasteiger partial charge on any atom is 0.284 e. The highest BCUT2D eigenvalue weighted by Gasteiger charge is 2.46. The summed E-state index contributed by atoms with van der Waals surface area (Å²) >= 11 is 6.82. The summed E-state index contributed by atoms with van der Waals surface area (Å²) < 4.78 is 23.0. The Balaban J connectivity index is 2.53. The average molecular weight is 351 g/mol. The van der Waals surface area contributed by atoms with E-state index in [-0.39, 0.29) is 26.5 Å². The molecule has 2 rings (SSSR count). The molecular weight excluding hydrogens is 336 g/mol. The molecule has 1 atom stereocenters. The van der Waals surface area contributed by atoms with Crippen molar-refractivity contribution in [2.24, 2.45) is 5.14 Å². The maximum atomic E-state index is 11.9. The average Bonchev–Trinajstić information content (AvgIpc) is 2.68. The van der Waals surface area contributed by atoms with Gasteiger partial charge in [0.25, 0.3) is 5.24 Å². The number of halogens is 1. The zero-order chi connectivity index (χ0) is 15.8. The second-order valence-electron chi connectivity index (χ2n) is 4.71. The van der Waals surface area contributed by atoms with Crippen LogP contribution in [0.25, 0.3) is 0 Å². The number of nitrogens with zero attached hydrogens (tertiary/aromatic N) is 1. The van der Waals surface area contributed by atoms with Crippen LogP contribution in [0.3, 0.4) is 0 Å². The number of nitrogens with two attached hydrogens (primary N) is 1. The first-order valence-electron chi connectivity index (χ1n) is 6.19. The molecule has 0 radical (unpaired) electrons. The third kappa shape index (κ3) is 3.04. The fourth-order valence-corrected chi connectivity index (χ4v) is 4.30. The molecule has 1 aromatic rings. The predicted octanol–water partition coefficient (Wildman–Crippen LogP) is 1.71. The number of sulfonamides is 1. The minimum absolute atomic E-state index is 0.0242. The standard InChI is InChI=1S/C12H15ClN2O4S2/c1-2-5-15-11(16)20-7-12(15,17)8-3-4-9(13)10(6-8)21(14,18)19/h3-4,6,17H,2,5,7H2,1H3,(H2,14,18,19). The van der Waals surface area contributed by atoms with Gasteiger partial charge >= 0.3 is 0 Å². The number of rotatable bonds is 4.